The summed E-state index contributed by atoms with van der Waals surface area (Å²) in [5.74, 6) is 0. The van der Waals surface area contributed by atoms with E-state index in [1.807, 2.05) is 0 Å². The van der Waals surface area contributed by atoms with Crippen LogP contribution in [-0.2, 0) is 6.54 Å². The zero-order valence-electron chi connectivity index (χ0n) is 8.46. The van der Waals surface area contributed by atoms with Gasteiger partial charge in [0.2, 0.25) is 0 Å². The van der Waals surface area contributed by atoms with Crippen molar-refractivity contribution in [2.24, 2.45) is 0 Å². The summed E-state index contributed by atoms with van der Waals surface area (Å²) in [6, 6.07) is 3.03. The van der Waals surface area contributed by atoms with Gasteiger partial charge in [-0.1, -0.05) is 0 Å². The van der Waals surface area contributed by atoms with Crippen LogP contribution in [0.4, 0.5) is 0 Å². The average Bonchev–Trinajstić information content (AvgIpc) is 2.87. The first-order valence-electron chi connectivity index (χ1n) is 5.40. The van der Waals surface area contributed by atoms with Crippen LogP contribution in [0.2, 0.25) is 0 Å². The molecule has 2 nitrogen and oxygen atoms in total. The van der Waals surface area contributed by atoms with Crippen LogP contribution in [0.5, 0.6) is 0 Å². The number of hydrogen-bond donors (Lipinski definition) is 2. The third-order valence-electron chi connectivity index (χ3n) is 2.45. The molecule has 0 aromatic carbocycles. The van der Waals surface area contributed by atoms with E-state index < -0.39 is 0 Å². The van der Waals surface area contributed by atoms with Gasteiger partial charge in [0.05, 0.1) is 0 Å². The van der Waals surface area contributed by atoms with E-state index in [-0.39, 0.29) is 0 Å². The van der Waals surface area contributed by atoms with Crippen molar-refractivity contribution in [1.82, 2.24) is 10.6 Å². The van der Waals surface area contributed by atoms with Gasteiger partial charge < -0.3 is 10.6 Å². The van der Waals surface area contributed by atoms with E-state index in [1.165, 1.54) is 31.4 Å². The van der Waals surface area contributed by atoms with Crippen molar-refractivity contribution in [1.29, 1.82) is 0 Å². The maximum atomic E-state index is 3.51. The van der Waals surface area contributed by atoms with E-state index in [0.29, 0.717) is 0 Å². The lowest BCUT2D eigenvalue weighted by Gasteiger charge is -2.04. The fraction of sp³-hybridized carbons (Fsp3) is 0.636. The van der Waals surface area contributed by atoms with Crippen molar-refractivity contribution < 1.29 is 0 Å². The molecule has 1 aromatic rings. The SMILES string of the molecule is c1cc(CNCCCNC2CC2)cs1. The first-order valence-corrected chi connectivity index (χ1v) is 6.34. The van der Waals surface area contributed by atoms with Gasteiger partial charge in [-0.25, -0.2) is 0 Å². The first-order chi connectivity index (χ1) is 6.95. The third-order valence-corrected chi connectivity index (χ3v) is 3.18. The summed E-state index contributed by atoms with van der Waals surface area (Å²) in [6.07, 6.45) is 4.02. The summed E-state index contributed by atoms with van der Waals surface area (Å²) in [7, 11) is 0. The molecule has 0 spiro atoms. The highest BCUT2D eigenvalue weighted by atomic mass is 32.1. The van der Waals surface area contributed by atoms with E-state index in [0.717, 1.165) is 19.1 Å². The molecule has 1 aromatic heterocycles. The molecule has 1 aliphatic carbocycles. The topological polar surface area (TPSA) is 24.1 Å². The molecule has 0 atom stereocenters. The van der Waals surface area contributed by atoms with Crippen molar-refractivity contribution in [3.8, 4) is 0 Å². The second kappa shape index (κ2) is 5.49. The Balaban J connectivity index is 1.43. The van der Waals surface area contributed by atoms with Gasteiger partial charge in [-0.3, -0.25) is 0 Å². The molecule has 0 saturated heterocycles. The second-order valence-electron chi connectivity index (χ2n) is 3.89. The van der Waals surface area contributed by atoms with Crippen molar-refractivity contribution in [3.63, 3.8) is 0 Å². The molecule has 1 aliphatic rings. The highest BCUT2D eigenvalue weighted by Gasteiger charge is 2.19. The van der Waals surface area contributed by atoms with Crippen molar-refractivity contribution in [2.75, 3.05) is 13.1 Å². The molecule has 0 bridgehead atoms. The third kappa shape index (κ3) is 3.78. The fourth-order valence-corrected chi connectivity index (χ4v) is 2.10. The van der Waals surface area contributed by atoms with Crippen LogP contribution < -0.4 is 10.6 Å². The maximum Gasteiger partial charge on any atom is 0.0213 e. The monoisotopic (exact) mass is 210 g/mol. The average molecular weight is 210 g/mol. The normalized spacial score (nSPS) is 16.0. The van der Waals surface area contributed by atoms with E-state index in [1.54, 1.807) is 11.3 Å². The highest BCUT2D eigenvalue weighted by Crippen LogP contribution is 2.18. The Hall–Kier alpha value is -0.380. The molecule has 14 heavy (non-hydrogen) atoms. The molecule has 0 radical (unpaired) electrons. The minimum atomic E-state index is 0.854. The molecule has 3 heteroatoms. The highest BCUT2D eigenvalue weighted by molar-refractivity contribution is 7.07. The smallest absolute Gasteiger partial charge is 0.0213 e. The van der Waals surface area contributed by atoms with E-state index in [4.69, 9.17) is 0 Å². The Morgan fingerprint density at radius 3 is 3.00 bits per heavy atom. The molecule has 0 amide bonds. The van der Waals surface area contributed by atoms with Gasteiger partial charge in [0.1, 0.15) is 0 Å². The largest absolute Gasteiger partial charge is 0.314 e. The van der Waals surface area contributed by atoms with Crippen LogP contribution in [0.25, 0.3) is 0 Å². The lowest BCUT2D eigenvalue weighted by molar-refractivity contribution is 0.593. The lowest BCUT2D eigenvalue weighted by atomic mass is 10.3. The van der Waals surface area contributed by atoms with Gasteiger partial charge in [0.25, 0.3) is 0 Å². The summed E-state index contributed by atoms with van der Waals surface area (Å²) in [6.45, 7) is 3.31. The number of nitrogens with one attached hydrogen (secondary N) is 2. The summed E-state index contributed by atoms with van der Waals surface area (Å²) in [5.41, 5.74) is 1.41. The molecule has 2 rings (SSSR count). The van der Waals surface area contributed by atoms with Crippen LogP contribution >= 0.6 is 11.3 Å². The number of thiophene rings is 1. The van der Waals surface area contributed by atoms with Gasteiger partial charge in [-0.05, 0) is 54.7 Å². The second-order valence-corrected chi connectivity index (χ2v) is 4.67. The minimum Gasteiger partial charge on any atom is -0.314 e. The standard InChI is InChI=1S/C11H18N2S/c1(6-13-11-2-3-11)5-12-8-10-4-7-14-9-10/h4,7,9,11-13H,1-3,5-6,8H2. The molecule has 1 saturated carbocycles. The Kier molecular flexibility index (Phi) is 3.98. The Labute approximate surface area is 89.7 Å². The van der Waals surface area contributed by atoms with E-state index >= 15 is 0 Å². The predicted molar refractivity (Wildman–Crippen MR) is 61.7 cm³/mol. The van der Waals surface area contributed by atoms with Gasteiger partial charge in [0.15, 0.2) is 0 Å². The number of hydrogen-bond acceptors (Lipinski definition) is 3. The minimum absolute atomic E-state index is 0.854. The maximum absolute atomic E-state index is 3.51. The Morgan fingerprint density at radius 1 is 1.36 bits per heavy atom. The van der Waals surface area contributed by atoms with Crippen molar-refractivity contribution in [3.05, 3.63) is 22.4 Å². The summed E-state index contributed by atoms with van der Waals surface area (Å²) < 4.78 is 0. The van der Waals surface area contributed by atoms with Crippen LogP contribution in [0.3, 0.4) is 0 Å². The summed E-state index contributed by atoms with van der Waals surface area (Å²) in [5, 5.41) is 11.3. The molecule has 1 fully saturated rings. The Bertz CT molecular complexity index is 242. The zero-order valence-corrected chi connectivity index (χ0v) is 9.28. The zero-order chi connectivity index (χ0) is 9.64. The molecule has 0 aliphatic heterocycles. The van der Waals surface area contributed by atoms with Gasteiger partial charge in [0, 0.05) is 12.6 Å². The van der Waals surface area contributed by atoms with Gasteiger partial charge in [-0.2, -0.15) is 11.3 Å². The lowest BCUT2D eigenvalue weighted by Crippen LogP contribution is -2.22. The molecule has 2 N–H and O–H groups in total. The van der Waals surface area contributed by atoms with Crippen molar-refractivity contribution >= 4 is 11.3 Å². The van der Waals surface area contributed by atoms with Gasteiger partial charge in [-0.15, -0.1) is 0 Å². The molecule has 78 valence electrons. The quantitative estimate of drug-likeness (QED) is 0.672. The number of rotatable bonds is 7. The van der Waals surface area contributed by atoms with Crippen molar-refractivity contribution in [2.45, 2.75) is 31.8 Å². The molecular formula is C11H18N2S. The Morgan fingerprint density at radius 2 is 2.29 bits per heavy atom. The molecule has 0 unspecified atom stereocenters. The van der Waals surface area contributed by atoms with Crippen LogP contribution in [-0.4, -0.2) is 19.1 Å². The van der Waals surface area contributed by atoms with Crippen LogP contribution in [0.15, 0.2) is 16.8 Å². The van der Waals surface area contributed by atoms with Crippen LogP contribution in [0, 0.1) is 0 Å². The molecular weight excluding hydrogens is 192 g/mol. The van der Waals surface area contributed by atoms with Crippen LogP contribution in [0.1, 0.15) is 24.8 Å². The van der Waals surface area contributed by atoms with E-state index in [9.17, 15) is 0 Å². The molecule has 1 heterocycles. The predicted octanol–water partition coefficient (Wildman–Crippen LogP) is 1.98. The summed E-state index contributed by atoms with van der Waals surface area (Å²) in [4.78, 5) is 0. The van der Waals surface area contributed by atoms with E-state index in [2.05, 4.69) is 27.5 Å². The summed E-state index contributed by atoms with van der Waals surface area (Å²) >= 11 is 1.77. The first kappa shape index (κ1) is 10.1. The van der Waals surface area contributed by atoms with Gasteiger partial charge >= 0.3 is 0 Å². The fourth-order valence-electron chi connectivity index (χ4n) is 1.43.